The van der Waals surface area contributed by atoms with Gasteiger partial charge in [0.05, 0.1) is 18.0 Å². The lowest BCUT2D eigenvalue weighted by molar-refractivity contribution is -0.121. The highest BCUT2D eigenvalue weighted by atomic mass is 16.1. The molecule has 1 atom stereocenters. The van der Waals surface area contributed by atoms with Crippen molar-refractivity contribution in [2.75, 3.05) is 0 Å². The molecule has 1 N–H and O–H groups in total. The Hall–Kier alpha value is -2.68. The van der Waals surface area contributed by atoms with Crippen LogP contribution in [0.3, 0.4) is 0 Å². The van der Waals surface area contributed by atoms with Gasteiger partial charge in [0.1, 0.15) is 0 Å². The molecule has 0 spiro atoms. The van der Waals surface area contributed by atoms with Crippen LogP contribution in [-0.4, -0.2) is 10.9 Å². The van der Waals surface area contributed by atoms with Gasteiger partial charge in [-0.3, -0.25) is 9.78 Å². The minimum Gasteiger partial charge on any atom is -0.349 e. The molecule has 3 heteroatoms. The first-order valence-corrected chi connectivity index (χ1v) is 9.29. The number of amides is 1. The number of fused-ring (bicyclic) bond motifs is 1. The summed E-state index contributed by atoms with van der Waals surface area (Å²) in [6, 6.07) is 18.5. The topological polar surface area (TPSA) is 42.0 Å². The van der Waals surface area contributed by atoms with Gasteiger partial charge in [-0.25, -0.2) is 0 Å². The first-order chi connectivity index (χ1) is 12.6. The maximum Gasteiger partial charge on any atom is 0.224 e. The summed E-state index contributed by atoms with van der Waals surface area (Å²) in [5.74, 6) is 0.346. The highest BCUT2D eigenvalue weighted by Gasteiger charge is 2.19. The molecule has 26 heavy (non-hydrogen) atoms. The Bertz CT molecular complexity index is 879. The van der Waals surface area contributed by atoms with Gasteiger partial charge in [-0.05, 0) is 35.1 Å². The van der Waals surface area contributed by atoms with E-state index in [0.29, 0.717) is 12.3 Å². The number of nitrogens with one attached hydrogen (secondary N) is 1. The van der Waals surface area contributed by atoms with E-state index in [2.05, 4.69) is 55.3 Å². The number of benzene rings is 2. The average molecular weight is 346 g/mol. The van der Waals surface area contributed by atoms with E-state index in [1.54, 1.807) is 6.20 Å². The first kappa shape index (κ1) is 18.1. The third-order valence-electron chi connectivity index (χ3n) is 4.80. The lowest BCUT2D eigenvalue weighted by atomic mass is 9.94. The molecule has 1 aromatic heterocycles. The highest BCUT2D eigenvalue weighted by Crippen LogP contribution is 2.23. The molecule has 0 saturated carbocycles. The van der Waals surface area contributed by atoms with E-state index in [-0.39, 0.29) is 11.9 Å². The second kappa shape index (κ2) is 8.13. The average Bonchev–Trinajstić information content (AvgIpc) is 2.66. The third kappa shape index (κ3) is 4.10. The lowest BCUT2D eigenvalue weighted by Crippen LogP contribution is -2.32. The van der Waals surface area contributed by atoms with Gasteiger partial charge in [-0.15, -0.1) is 0 Å². The summed E-state index contributed by atoms with van der Waals surface area (Å²) in [5, 5.41) is 4.28. The number of rotatable bonds is 6. The summed E-state index contributed by atoms with van der Waals surface area (Å²) < 4.78 is 0. The number of carbonyl (C=O) groups excluding carboxylic acids is 1. The molecule has 1 heterocycles. The van der Waals surface area contributed by atoms with E-state index in [9.17, 15) is 4.79 Å². The predicted octanol–water partition coefficient (Wildman–Crippen LogP) is 4.85. The Morgan fingerprint density at radius 3 is 2.46 bits per heavy atom. The van der Waals surface area contributed by atoms with Crippen LogP contribution in [0, 0.1) is 5.92 Å². The Morgan fingerprint density at radius 2 is 1.77 bits per heavy atom. The zero-order valence-electron chi connectivity index (χ0n) is 15.7. The van der Waals surface area contributed by atoms with Crippen LogP contribution in [0.15, 0.2) is 60.8 Å². The summed E-state index contributed by atoms with van der Waals surface area (Å²) >= 11 is 0. The molecule has 0 bridgehead atoms. The van der Waals surface area contributed by atoms with Crippen molar-refractivity contribution < 1.29 is 4.79 Å². The molecule has 0 radical (unpaired) electrons. The van der Waals surface area contributed by atoms with Crippen molar-refractivity contribution in [1.29, 1.82) is 0 Å². The molecule has 0 fully saturated rings. The SMILES string of the molecule is CCc1ccc(C(NC(=O)Cc2cccc3cccnc23)C(C)C)cc1. The molecule has 3 aromatic rings. The van der Waals surface area contributed by atoms with Gasteiger partial charge in [0.25, 0.3) is 0 Å². The molecular formula is C23H26N2O. The number of hydrogen-bond donors (Lipinski definition) is 1. The number of nitrogens with zero attached hydrogens (tertiary/aromatic N) is 1. The summed E-state index contributed by atoms with van der Waals surface area (Å²) in [5.41, 5.74) is 4.33. The van der Waals surface area contributed by atoms with Crippen molar-refractivity contribution in [1.82, 2.24) is 10.3 Å². The van der Waals surface area contributed by atoms with Crippen molar-refractivity contribution in [3.05, 3.63) is 77.5 Å². The Morgan fingerprint density at radius 1 is 1.04 bits per heavy atom. The lowest BCUT2D eigenvalue weighted by Gasteiger charge is -2.23. The minimum atomic E-state index is 0.0105. The van der Waals surface area contributed by atoms with E-state index in [1.165, 1.54) is 5.56 Å². The van der Waals surface area contributed by atoms with Crippen molar-refractivity contribution in [2.24, 2.45) is 5.92 Å². The largest absolute Gasteiger partial charge is 0.349 e. The molecule has 2 aromatic carbocycles. The third-order valence-corrected chi connectivity index (χ3v) is 4.80. The summed E-state index contributed by atoms with van der Waals surface area (Å²) in [6.45, 7) is 6.42. The fourth-order valence-corrected chi connectivity index (χ4v) is 3.30. The fraction of sp³-hybridized carbons (Fsp3) is 0.304. The molecular weight excluding hydrogens is 320 g/mol. The number of aromatic nitrogens is 1. The zero-order chi connectivity index (χ0) is 18.5. The van der Waals surface area contributed by atoms with E-state index < -0.39 is 0 Å². The molecule has 1 amide bonds. The molecule has 0 saturated heterocycles. The van der Waals surface area contributed by atoms with Gasteiger partial charge in [-0.2, -0.15) is 0 Å². The van der Waals surface area contributed by atoms with Crippen molar-refractivity contribution in [2.45, 2.75) is 39.7 Å². The number of hydrogen-bond acceptors (Lipinski definition) is 2. The second-order valence-corrected chi connectivity index (χ2v) is 7.05. The number of carbonyl (C=O) groups is 1. The fourth-order valence-electron chi connectivity index (χ4n) is 3.30. The Kier molecular flexibility index (Phi) is 5.67. The van der Waals surface area contributed by atoms with Crippen LogP contribution in [0.1, 0.15) is 43.5 Å². The van der Waals surface area contributed by atoms with E-state index in [1.807, 2.05) is 30.3 Å². The molecule has 3 rings (SSSR count). The smallest absolute Gasteiger partial charge is 0.224 e. The van der Waals surface area contributed by atoms with Gasteiger partial charge in [-0.1, -0.05) is 69.3 Å². The Balaban J connectivity index is 1.77. The zero-order valence-corrected chi connectivity index (χ0v) is 15.7. The maximum atomic E-state index is 12.7. The maximum absolute atomic E-state index is 12.7. The van der Waals surface area contributed by atoms with Crippen LogP contribution >= 0.6 is 0 Å². The van der Waals surface area contributed by atoms with Crippen LogP contribution < -0.4 is 5.32 Å². The highest BCUT2D eigenvalue weighted by molar-refractivity contribution is 5.87. The van der Waals surface area contributed by atoms with E-state index >= 15 is 0 Å². The van der Waals surface area contributed by atoms with Crippen LogP contribution in [0.25, 0.3) is 10.9 Å². The molecule has 1 unspecified atom stereocenters. The Labute approximate surface area is 155 Å². The normalized spacial score (nSPS) is 12.3. The van der Waals surface area contributed by atoms with Crippen LogP contribution in [0.5, 0.6) is 0 Å². The quantitative estimate of drug-likeness (QED) is 0.693. The van der Waals surface area contributed by atoms with Gasteiger partial charge < -0.3 is 5.32 Å². The van der Waals surface area contributed by atoms with Gasteiger partial charge in [0, 0.05) is 11.6 Å². The molecule has 0 aliphatic heterocycles. The number of pyridine rings is 1. The van der Waals surface area contributed by atoms with Gasteiger partial charge >= 0.3 is 0 Å². The summed E-state index contributed by atoms with van der Waals surface area (Å²) in [6.07, 6.45) is 3.13. The van der Waals surface area contributed by atoms with Gasteiger partial charge in [0.2, 0.25) is 5.91 Å². The monoisotopic (exact) mass is 346 g/mol. The molecule has 0 aliphatic carbocycles. The standard InChI is InChI=1S/C23H26N2O/c1-4-17-10-12-19(13-11-17)22(16(2)3)25-21(26)15-20-8-5-7-18-9-6-14-24-23(18)20/h5-14,16,22H,4,15H2,1-3H3,(H,25,26). The molecule has 0 aliphatic rings. The minimum absolute atomic E-state index is 0.0105. The van der Waals surface area contributed by atoms with E-state index in [4.69, 9.17) is 0 Å². The van der Waals surface area contributed by atoms with Crippen molar-refractivity contribution >= 4 is 16.8 Å². The molecule has 3 nitrogen and oxygen atoms in total. The summed E-state index contributed by atoms with van der Waals surface area (Å²) in [4.78, 5) is 17.2. The van der Waals surface area contributed by atoms with Gasteiger partial charge in [0.15, 0.2) is 0 Å². The number of aryl methyl sites for hydroxylation is 1. The van der Waals surface area contributed by atoms with Crippen molar-refractivity contribution in [3.63, 3.8) is 0 Å². The van der Waals surface area contributed by atoms with Crippen LogP contribution in [0.4, 0.5) is 0 Å². The van der Waals surface area contributed by atoms with E-state index in [0.717, 1.165) is 28.5 Å². The second-order valence-electron chi connectivity index (χ2n) is 7.05. The summed E-state index contributed by atoms with van der Waals surface area (Å²) in [7, 11) is 0. The first-order valence-electron chi connectivity index (χ1n) is 9.29. The number of para-hydroxylation sites is 1. The molecule has 134 valence electrons. The van der Waals surface area contributed by atoms with Crippen LogP contribution in [0.2, 0.25) is 0 Å². The predicted molar refractivity (Wildman–Crippen MR) is 107 cm³/mol. The van der Waals surface area contributed by atoms with Crippen LogP contribution in [-0.2, 0) is 17.6 Å². The van der Waals surface area contributed by atoms with Crippen molar-refractivity contribution in [3.8, 4) is 0 Å².